The van der Waals surface area contributed by atoms with Gasteiger partial charge in [-0.2, -0.15) is 0 Å². The van der Waals surface area contributed by atoms with E-state index in [1.807, 2.05) is 18.2 Å². The second kappa shape index (κ2) is 5.84. The second-order valence-electron chi connectivity index (χ2n) is 4.55. The zero-order valence-electron chi connectivity index (χ0n) is 11.0. The number of nitrogens with one attached hydrogen (secondary N) is 1. The highest BCUT2D eigenvalue weighted by molar-refractivity contribution is 7.13. The van der Waals surface area contributed by atoms with Crippen LogP contribution in [0.1, 0.15) is 35.2 Å². The number of nitrogens with two attached hydrogens (primary N) is 1. The average Bonchev–Trinajstić information content (AvgIpc) is 2.85. The highest BCUT2D eigenvalue weighted by Crippen LogP contribution is 2.21. The molecular formula is C14H17N3OS. The fourth-order valence-corrected chi connectivity index (χ4v) is 2.30. The highest BCUT2D eigenvalue weighted by Gasteiger charge is 2.06. The number of benzene rings is 1. The molecule has 0 bridgehead atoms. The summed E-state index contributed by atoms with van der Waals surface area (Å²) in [6.45, 7) is 4.71. The number of rotatable bonds is 5. The zero-order valence-corrected chi connectivity index (χ0v) is 11.8. The van der Waals surface area contributed by atoms with Gasteiger partial charge in [-0.3, -0.25) is 5.41 Å². The molecule has 0 saturated carbocycles. The standard InChI is InChI=1S/C14H17N3OS/c1-9(2)10-4-3-5-11(6-10)18-8-13-17-7-12(19-13)14(15)16/h3-7,9H,8H2,1-2H3,(H3,15,16). The third kappa shape index (κ3) is 3.54. The Kier molecular flexibility index (Phi) is 4.16. The number of nitrogen functional groups attached to an aromatic ring is 1. The molecule has 0 spiro atoms. The molecule has 4 nitrogen and oxygen atoms in total. The van der Waals surface area contributed by atoms with Crippen molar-refractivity contribution in [1.82, 2.24) is 4.98 Å². The minimum Gasteiger partial charge on any atom is -0.486 e. The maximum atomic E-state index is 7.33. The van der Waals surface area contributed by atoms with Crippen LogP contribution in [0.3, 0.4) is 0 Å². The van der Waals surface area contributed by atoms with E-state index in [0.29, 0.717) is 17.4 Å². The Morgan fingerprint density at radius 3 is 2.89 bits per heavy atom. The Bertz CT molecular complexity index is 578. The number of ether oxygens (including phenoxy) is 1. The van der Waals surface area contributed by atoms with Crippen LogP contribution in [0.15, 0.2) is 30.5 Å². The van der Waals surface area contributed by atoms with Gasteiger partial charge in [0.25, 0.3) is 0 Å². The lowest BCUT2D eigenvalue weighted by atomic mass is 10.0. The minimum atomic E-state index is 0.0468. The number of aromatic nitrogens is 1. The van der Waals surface area contributed by atoms with Gasteiger partial charge in [0, 0.05) is 6.20 Å². The fraction of sp³-hybridized carbons (Fsp3) is 0.286. The summed E-state index contributed by atoms with van der Waals surface area (Å²) in [5.41, 5.74) is 6.65. The van der Waals surface area contributed by atoms with Crippen molar-refractivity contribution in [1.29, 1.82) is 5.41 Å². The molecule has 1 heterocycles. The van der Waals surface area contributed by atoms with E-state index in [0.717, 1.165) is 10.8 Å². The van der Waals surface area contributed by atoms with E-state index in [2.05, 4.69) is 24.9 Å². The van der Waals surface area contributed by atoms with Gasteiger partial charge in [0.05, 0.1) is 4.88 Å². The van der Waals surface area contributed by atoms with Crippen molar-refractivity contribution < 1.29 is 4.74 Å². The topological polar surface area (TPSA) is 72.0 Å². The molecule has 2 aromatic rings. The predicted octanol–water partition coefficient (Wildman–Crippen LogP) is 3.13. The number of amidine groups is 1. The Labute approximate surface area is 116 Å². The molecule has 0 atom stereocenters. The summed E-state index contributed by atoms with van der Waals surface area (Å²) in [5.74, 6) is 1.36. The van der Waals surface area contributed by atoms with E-state index in [9.17, 15) is 0 Å². The fourth-order valence-electron chi connectivity index (χ4n) is 1.61. The molecular weight excluding hydrogens is 258 g/mol. The molecule has 0 aliphatic heterocycles. The summed E-state index contributed by atoms with van der Waals surface area (Å²) < 4.78 is 5.71. The van der Waals surface area contributed by atoms with Gasteiger partial charge in [0.15, 0.2) is 0 Å². The van der Waals surface area contributed by atoms with Crippen LogP contribution in [0.4, 0.5) is 0 Å². The van der Waals surface area contributed by atoms with E-state index in [-0.39, 0.29) is 5.84 Å². The van der Waals surface area contributed by atoms with Crippen LogP contribution in [0.5, 0.6) is 5.75 Å². The van der Waals surface area contributed by atoms with Crippen LogP contribution in [-0.4, -0.2) is 10.8 Å². The molecule has 0 radical (unpaired) electrons. The lowest BCUT2D eigenvalue weighted by Crippen LogP contribution is -2.08. The number of hydrogen-bond acceptors (Lipinski definition) is 4. The molecule has 19 heavy (non-hydrogen) atoms. The molecule has 3 N–H and O–H groups in total. The van der Waals surface area contributed by atoms with Crippen molar-refractivity contribution in [2.45, 2.75) is 26.4 Å². The normalized spacial score (nSPS) is 10.7. The number of nitrogens with zero attached hydrogens (tertiary/aromatic N) is 1. The first-order valence-electron chi connectivity index (χ1n) is 6.08. The van der Waals surface area contributed by atoms with Crippen molar-refractivity contribution in [3.8, 4) is 5.75 Å². The molecule has 1 aromatic carbocycles. The van der Waals surface area contributed by atoms with Gasteiger partial charge in [-0.1, -0.05) is 26.0 Å². The van der Waals surface area contributed by atoms with E-state index in [1.165, 1.54) is 16.9 Å². The lowest BCUT2D eigenvalue weighted by Gasteiger charge is -2.08. The first-order valence-corrected chi connectivity index (χ1v) is 6.89. The molecule has 0 amide bonds. The number of hydrogen-bond donors (Lipinski definition) is 2. The van der Waals surface area contributed by atoms with Crippen molar-refractivity contribution in [3.63, 3.8) is 0 Å². The summed E-state index contributed by atoms with van der Waals surface area (Å²) in [5, 5.41) is 8.15. The average molecular weight is 275 g/mol. The Balaban J connectivity index is 2.01. The molecule has 0 aliphatic rings. The van der Waals surface area contributed by atoms with E-state index >= 15 is 0 Å². The third-order valence-corrected chi connectivity index (χ3v) is 3.71. The van der Waals surface area contributed by atoms with Crippen molar-refractivity contribution >= 4 is 17.2 Å². The Morgan fingerprint density at radius 2 is 2.26 bits per heavy atom. The summed E-state index contributed by atoms with van der Waals surface area (Å²) in [6, 6.07) is 8.07. The molecule has 0 saturated heterocycles. The molecule has 100 valence electrons. The van der Waals surface area contributed by atoms with Crippen LogP contribution >= 0.6 is 11.3 Å². The lowest BCUT2D eigenvalue weighted by molar-refractivity contribution is 0.305. The van der Waals surface area contributed by atoms with E-state index < -0.39 is 0 Å². The molecule has 0 unspecified atom stereocenters. The van der Waals surface area contributed by atoms with Gasteiger partial charge in [-0.25, -0.2) is 4.98 Å². The SMILES string of the molecule is CC(C)c1cccc(OCc2ncc(C(=N)N)s2)c1. The minimum absolute atomic E-state index is 0.0468. The largest absolute Gasteiger partial charge is 0.486 e. The Hall–Kier alpha value is -1.88. The van der Waals surface area contributed by atoms with E-state index in [1.54, 1.807) is 6.20 Å². The van der Waals surface area contributed by atoms with Crippen molar-refractivity contribution in [3.05, 3.63) is 45.9 Å². The maximum absolute atomic E-state index is 7.33. The number of thiazole rings is 1. The molecule has 2 rings (SSSR count). The van der Waals surface area contributed by atoms with Gasteiger partial charge in [-0.15, -0.1) is 11.3 Å². The summed E-state index contributed by atoms with van der Waals surface area (Å²) in [4.78, 5) is 4.86. The summed E-state index contributed by atoms with van der Waals surface area (Å²) in [7, 11) is 0. The van der Waals surface area contributed by atoms with E-state index in [4.69, 9.17) is 15.9 Å². The smallest absolute Gasteiger partial charge is 0.140 e. The van der Waals surface area contributed by atoms with Crippen molar-refractivity contribution in [2.75, 3.05) is 0 Å². The second-order valence-corrected chi connectivity index (χ2v) is 5.66. The summed E-state index contributed by atoms with van der Waals surface area (Å²) in [6.07, 6.45) is 1.61. The van der Waals surface area contributed by atoms with Crippen LogP contribution < -0.4 is 10.5 Å². The summed E-state index contributed by atoms with van der Waals surface area (Å²) >= 11 is 1.39. The van der Waals surface area contributed by atoms with Gasteiger partial charge in [-0.05, 0) is 23.6 Å². The zero-order chi connectivity index (χ0) is 13.8. The first-order chi connectivity index (χ1) is 9.06. The quantitative estimate of drug-likeness (QED) is 0.650. The van der Waals surface area contributed by atoms with Gasteiger partial charge < -0.3 is 10.5 Å². The Morgan fingerprint density at radius 1 is 1.47 bits per heavy atom. The van der Waals surface area contributed by atoms with Crippen LogP contribution in [-0.2, 0) is 6.61 Å². The molecule has 0 fully saturated rings. The third-order valence-electron chi connectivity index (χ3n) is 2.71. The first kappa shape index (κ1) is 13.5. The predicted molar refractivity (Wildman–Crippen MR) is 78.0 cm³/mol. The van der Waals surface area contributed by atoms with Gasteiger partial charge >= 0.3 is 0 Å². The molecule has 5 heteroatoms. The van der Waals surface area contributed by atoms with Crippen LogP contribution in [0.25, 0.3) is 0 Å². The van der Waals surface area contributed by atoms with Gasteiger partial charge in [0.1, 0.15) is 23.2 Å². The van der Waals surface area contributed by atoms with Crippen LogP contribution in [0, 0.1) is 5.41 Å². The van der Waals surface area contributed by atoms with Crippen LogP contribution in [0.2, 0.25) is 0 Å². The van der Waals surface area contributed by atoms with Gasteiger partial charge in [0.2, 0.25) is 0 Å². The molecule has 0 aliphatic carbocycles. The highest BCUT2D eigenvalue weighted by atomic mass is 32.1. The monoisotopic (exact) mass is 275 g/mol. The maximum Gasteiger partial charge on any atom is 0.140 e. The molecule has 1 aromatic heterocycles. The van der Waals surface area contributed by atoms with Crippen molar-refractivity contribution in [2.24, 2.45) is 5.73 Å².